The van der Waals surface area contributed by atoms with Crippen molar-refractivity contribution in [3.05, 3.63) is 54.9 Å². The Bertz CT molecular complexity index is 763. The number of ether oxygens (including phenoxy) is 1. The number of nitrogens with one attached hydrogen (secondary N) is 1. The second-order valence-electron chi connectivity index (χ2n) is 5.13. The Morgan fingerprint density at radius 2 is 1.92 bits per heavy atom. The molecule has 0 radical (unpaired) electrons. The highest BCUT2D eigenvalue weighted by Gasteiger charge is 2.30. The van der Waals surface area contributed by atoms with Crippen LogP contribution in [0.25, 0.3) is 0 Å². The molecule has 1 aromatic carbocycles. The molecule has 0 atom stereocenters. The second kappa shape index (κ2) is 8.32. The third-order valence-corrected chi connectivity index (χ3v) is 3.37. The Morgan fingerprint density at radius 1 is 1.27 bits per heavy atom. The molecule has 1 N–H and O–H groups in total. The lowest BCUT2D eigenvalue weighted by Crippen LogP contribution is -2.26. The standard InChI is InChI=1S/C17H17F3N4O2/c1-3-14(25)21-10-11-26-16-15(22-8-9-23-16)24(2)13-6-4-12(5-7-13)17(18,19)20/h3-9H,1,10-11H2,2H3,(H,21,25). The molecule has 0 aliphatic heterocycles. The third-order valence-electron chi connectivity index (χ3n) is 3.37. The van der Waals surface area contributed by atoms with Crippen molar-refractivity contribution in [3.8, 4) is 5.88 Å². The van der Waals surface area contributed by atoms with E-state index in [0.717, 1.165) is 18.2 Å². The Kier molecular flexibility index (Phi) is 6.16. The van der Waals surface area contributed by atoms with E-state index in [-0.39, 0.29) is 24.9 Å². The van der Waals surface area contributed by atoms with Crippen molar-refractivity contribution in [1.29, 1.82) is 0 Å². The Morgan fingerprint density at radius 3 is 2.54 bits per heavy atom. The Hall–Kier alpha value is -3.10. The van der Waals surface area contributed by atoms with Gasteiger partial charge in [-0.2, -0.15) is 13.2 Å². The zero-order chi connectivity index (χ0) is 19.2. The van der Waals surface area contributed by atoms with E-state index in [4.69, 9.17) is 4.74 Å². The number of halogens is 3. The first-order valence-corrected chi connectivity index (χ1v) is 7.58. The van der Waals surface area contributed by atoms with Gasteiger partial charge in [0.2, 0.25) is 5.91 Å². The maximum Gasteiger partial charge on any atom is 0.416 e. The van der Waals surface area contributed by atoms with E-state index in [9.17, 15) is 18.0 Å². The van der Waals surface area contributed by atoms with Crippen molar-refractivity contribution in [1.82, 2.24) is 15.3 Å². The zero-order valence-corrected chi connectivity index (χ0v) is 14.0. The third kappa shape index (κ3) is 4.95. The van der Waals surface area contributed by atoms with Crippen molar-refractivity contribution >= 4 is 17.4 Å². The van der Waals surface area contributed by atoms with Gasteiger partial charge in [0.15, 0.2) is 5.82 Å². The number of anilines is 2. The number of rotatable bonds is 7. The summed E-state index contributed by atoms with van der Waals surface area (Å²) in [6.45, 7) is 3.72. The predicted octanol–water partition coefficient (Wildman–Crippen LogP) is 2.94. The summed E-state index contributed by atoms with van der Waals surface area (Å²) in [5.74, 6) is 0.208. The van der Waals surface area contributed by atoms with Gasteiger partial charge in [0.1, 0.15) is 6.61 Å². The summed E-state index contributed by atoms with van der Waals surface area (Å²) in [6.07, 6.45) is -0.371. The summed E-state index contributed by atoms with van der Waals surface area (Å²) >= 11 is 0. The first-order valence-electron chi connectivity index (χ1n) is 7.58. The largest absolute Gasteiger partial charge is 0.473 e. The predicted molar refractivity (Wildman–Crippen MR) is 90.2 cm³/mol. The minimum Gasteiger partial charge on any atom is -0.473 e. The van der Waals surface area contributed by atoms with Crippen LogP contribution in [0.4, 0.5) is 24.7 Å². The van der Waals surface area contributed by atoms with Gasteiger partial charge in [0.25, 0.3) is 5.88 Å². The molecule has 0 aliphatic carbocycles. The first-order chi connectivity index (χ1) is 12.3. The molecule has 0 unspecified atom stereocenters. The van der Waals surface area contributed by atoms with E-state index in [2.05, 4.69) is 21.9 Å². The van der Waals surface area contributed by atoms with E-state index >= 15 is 0 Å². The van der Waals surface area contributed by atoms with Crippen LogP contribution < -0.4 is 15.0 Å². The summed E-state index contributed by atoms with van der Waals surface area (Å²) in [5.41, 5.74) is -0.244. The molecule has 2 rings (SSSR count). The van der Waals surface area contributed by atoms with Crippen LogP contribution in [0.1, 0.15) is 5.56 Å². The van der Waals surface area contributed by atoms with Gasteiger partial charge in [0.05, 0.1) is 12.1 Å². The van der Waals surface area contributed by atoms with E-state index in [1.807, 2.05) is 0 Å². The lowest BCUT2D eigenvalue weighted by atomic mass is 10.2. The van der Waals surface area contributed by atoms with Gasteiger partial charge in [-0.15, -0.1) is 0 Å². The van der Waals surface area contributed by atoms with Crippen LogP contribution >= 0.6 is 0 Å². The SMILES string of the molecule is C=CC(=O)NCCOc1nccnc1N(C)c1ccc(C(F)(F)F)cc1. The molecule has 1 heterocycles. The molecule has 6 nitrogen and oxygen atoms in total. The molecule has 9 heteroatoms. The summed E-state index contributed by atoms with van der Waals surface area (Å²) in [6, 6.07) is 4.66. The summed E-state index contributed by atoms with van der Waals surface area (Å²) in [7, 11) is 1.64. The van der Waals surface area contributed by atoms with Gasteiger partial charge in [-0.1, -0.05) is 6.58 Å². The highest BCUT2D eigenvalue weighted by molar-refractivity contribution is 5.86. The van der Waals surface area contributed by atoms with Crippen LogP contribution in [-0.2, 0) is 11.0 Å². The second-order valence-corrected chi connectivity index (χ2v) is 5.13. The van der Waals surface area contributed by atoms with Gasteiger partial charge in [-0.05, 0) is 30.3 Å². The number of hydrogen-bond acceptors (Lipinski definition) is 5. The zero-order valence-electron chi connectivity index (χ0n) is 14.0. The van der Waals surface area contributed by atoms with Crippen LogP contribution in [0.3, 0.4) is 0 Å². The van der Waals surface area contributed by atoms with Gasteiger partial charge < -0.3 is 15.0 Å². The number of hydrogen-bond donors (Lipinski definition) is 1. The minimum absolute atomic E-state index is 0.145. The molecule has 0 bridgehead atoms. The molecular weight excluding hydrogens is 349 g/mol. The van der Waals surface area contributed by atoms with Crippen molar-refractivity contribution in [2.45, 2.75) is 6.18 Å². The average molecular weight is 366 g/mol. The molecule has 0 spiro atoms. The molecule has 26 heavy (non-hydrogen) atoms. The Balaban J connectivity index is 2.10. The highest BCUT2D eigenvalue weighted by atomic mass is 19.4. The van der Waals surface area contributed by atoms with E-state index in [1.54, 1.807) is 11.9 Å². The monoisotopic (exact) mass is 366 g/mol. The molecule has 0 fully saturated rings. The minimum atomic E-state index is -4.40. The number of carbonyl (C=O) groups is 1. The van der Waals surface area contributed by atoms with Crippen molar-refractivity contribution in [2.24, 2.45) is 0 Å². The van der Waals surface area contributed by atoms with Gasteiger partial charge in [0, 0.05) is 25.1 Å². The van der Waals surface area contributed by atoms with Crippen LogP contribution in [0.2, 0.25) is 0 Å². The fraction of sp³-hybridized carbons (Fsp3) is 0.235. The number of benzene rings is 1. The van der Waals surface area contributed by atoms with E-state index in [1.165, 1.54) is 24.5 Å². The molecule has 138 valence electrons. The number of carbonyl (C=O) groups excluding carboxylic acids is 1. The summed E-state index contributed by atoms with van der Waals surface area (Å²) in [4.78, 5) is 20.9. The number of nitrogens with zero attached hydrogens (tertiary/aromatic N) is 3. The normalized spacial score (nSPS) is 10.9. The molecule has 0 saturated carbocycles. The van der Waals surface area contributed by atoms with Crippen LogP contribution in [0, 0.1) is 0 Å². The van der Waals surface area contributed by atoms with Crippen LogP contribution in [0.5, 0.6) is 5.88 Å². The van der Waals surface area contributed by atoms with Crippen molar-refractivity contribution in [2.75, 3.05) is 25.1 Å². The topological polar surface area (TPSA) is 67.3 Å². The fourth-order valence-electron chi connectivity index (χ4n) is 2.04. The van der Waals surface area contributed by atoms with Crippen molar-refractivity contribution in [3.63, 3.8) is 0 Å². The first kappa shape index (κ1) is 19.2. The lowest BCUT2D eigenvalue weighted by Gasteiger charge is -2.20. The molecule has 1 amide bonds. The van der Waals surface area contributed by atoms with Gasteiger partial charge in [-0.25, -0.2) is 9.97 Å². The van der Waals surface area contributed by atoms with Gasteiger partial charge >= 0.3 is 6.18 Å². The highest BCUT2D eigenvalue weighted by Crippen LogP contribution is 2.33. The summed E-state index contributed by atoms with van der Waals surface area (Å²) in [5, 5.41) is 2.55. The average Bonchev–Trinajstić information content (AvgIpc) is 2.64. The smallest absolute Gasteiger partial charge is 0.416 e. The van der Waals surface area contributed by atoms with Crippen molar-refractivity contribution < 1.29 is 22.7 Å². The number of aromatic nitrogens is 2. The molecule has 1 aromatic heterocycles. The maximum absolute atomic E-state index is 12.7. The quantitative estimate of drug-likeness (QED) is 0.603. The summed E-state index contributed by atoms with van der Waals surface area (Å²) < 4.78 is 43.5. The maximum atomic E-state index is 12.7. The number of amides is 1. The molecule has 0 aliphatic rings. The lowest BCUT2D eigenvalue weighted by molar-refractivity contribution is -0.137. The fourth-order valence-corrected chi connectivity index (χ4v) is 2.04. The molecule has 2 aromatic rings. The van der Waals surface area contributed by atoms with Crippen LogP contribution in [0.15, 0.2) is 49.3 Å². The van der Waals surface area contributed by atoms with Crippen LogP contribution in [-0.4, -0.2) is 36.1 Å². The van der Waals surface area contributed by atoms with Gasteiger partial charge in [-0.3, -0.25) is 4.79 Å². The Labute approximate surface area is 148 Å². The van der Waals surface area contributed by atoms with E-state index in [0.29, 0.717) is 11.5 Å². The number of alkyl halides is 3. The van der Waals surface area contributed by atoms with E-state index < -0.39 is 11.7 Å². The molecule has 0 saturated heterocycles. The molecular formula is C17H17F3N4O2.